The Morgan fingerprint density at radius 3 is 2.31 bits per heavy atom. The zero-order chi connectivity index (χ0) is 18.5. The largest absolute Gasteiger partial charge is 0.497 e. The minimum Gasteiger partial charge on any atom is -0.497 e. The van der Waals surface area contributed by atoms with Crippen LogP contribution in [0.3, 0.4) is 0 Å². The Morgan fingerprint density at radius 1 is 1.00 bits per heavy atom. The van der Waals surface area contributed by atoms with Crippen molar-refractivity contribution in [3.05, 3.63) is 66.2 Å². The molecule has 3 aromatic rings. The van der Waals surface area contributed by atoms with Gasteiger partial charge in [-0.2, -0.15) is 0 Å². The van der Waals surface area contributed by atoms with E-state index in [1.54, 1.807) is 37.4 Å². The molecule has 0 saturated carbocycles. The van der Waals surface area contributed by atoms with Crippen molar-refractivity contribution in [3.63, 3.8) is 0 Å². The lowest BCUT2D eigenvalue weighted by molar-refractivity contribution is 0.102. The van der Waals surface area contributed by atoms with Gasteiger partial charge in [-0.3, -0.25) is 4.79 Å². The molecule has 1 N–H and O–H groups in total. The Hall–Kier alpha value is -3.48. The highest BCUT2D eigenvalue weighted by molar-refractivity contribution is 6.04. The molecule has 3 rings (SSSR count). The normalized spacial score (nSPS) is 10.3. The predicted molar refractivity (Wildman–Crippen MR) is 94.9 cm³/mol. The van der Waals surface area contributed by atoms with Crippen LogP contribution in [0.1, 0.15) is 10.4 Å². The van der Waals surface area contributed by atoms with Crippen molar-refractivity contribution < 1.29 is 18.7 Å². The van der Waals surface area contributed by atoms with Gasteiger partial charge < -0.3 is 14.8 Å². The zero-order valence-electron chi connectivity index (χ0n) is 14.2. The van der Waals surface area contributed by atoms with E-state index in [1.807, 2.05) is 0 Å². The van der Waals surface area contributed by atoms with Gasteiger partial charge in [-0.1, -0.05) is 0 Å². The maximum absolute atomic E-state index is 13.0. The topological polar surface area (TPSA) is 73.3 Å². The highest BCUT2D eigenvalue weighted by Gasteiger charge is 2.12. The number of ether oxygens (including phenoxy) is 2. The standard InChI is InChI=1S/C19H16FN3O3/c1-25-15-7-8-16(17(9-15)26-2)23-19(24)13-10-21-18(22-11-13)12-3-5-14(20)6-4-12/h3-11H,1-2H3,(H,23,24). The number of nitrogens with one attached hydrogen (secondary N) is 1. The molecule has 7 heteroatoms. The second kappa shape index (κ2) is 7.60. The maximum atomic E-state index is 13.0. The molecule has 132 valence electrons. The molecule has 26 heavy (non-hydrogen) atoms. The third kappa shape index (κ3) is 3.77. The summed E-state index contributed by atoms with van der Waals surface area (Å²) in [7, 11) is 3.05. The number of hydrogen-bond acceptors (Lipinski definition) is 5. The van der Waals surface area contributed by atoms with E-state index in [0.29, 0.717) is 28.6 Å². The third-order valence-electron chi connectivity index (χ3n) is 3.67. The van der Waals surface area contributed by atoms with E-state index in [2.05, 4.69) is 15.3 Å². The van der Waals surface area contributed by atoms with Crippen molar-refractivity contribution in [2.45, 2.75) is 0 Å². The molecular formula is C19H16FN3O3. The summed E-state index contributed by atoms with van der Waals surface area (Å²) in [5, 5.41) is 2.75. The number of amides is 1. The number of rotatable bonds is 5. The number of anilines is 1. The number of methoxy groups -OCH3 is 2. The molecular weight excluding hydrogens is 337 g/mol. The summed E-state index contributed by atoms with van der Waals surface area (Å²) in [5.41, 5.74) is 1.45. The first kappa shape index (κ1) is 17.3. The van der Waals surface area contributed by atoms with Crippen molar-refractivity contribution in [2.24, 2.45) is 0 Å². The molecule has 0 atom stereocenters. The van der Waals surface area contributed by atoms with E-state index < -0.39 is 0 Å². The van der Waals surface area contributed by atoms with Crippen LogP contribution in [0.15, 0.2) is 54.9 Å². The lowest BCUT2D eigenvalue weighted by Crippen LogP contribution is -2.13. The molecule has 1 amide bonds. The second-order valence-corrected chi connectivity index (χ2v) is 5.32. The number of hydrogen-bond donors (Lipinski definition) is 1. The van der Waals surface area contributed by atoms with Crippen molar-refractivity contribution in [1.29, 1.82) is 0 Å². The fourth-order valence-corrected chi connectivity index (χ4v) is 2.29. The Bertz CT molecular complexity index is 912. The first-order chi connectivity index (χ1) is 12.6. The summed E-state index contributed by atoms with van der Waals surface area (Å²) in [5.74, 6) is 0.786. The van der Waals surface area contributed by atoms with E-state index in [4.69, 9.17) is 9.47 Å². The SMILES string of the molecule is COc1ccc(NC(=O)c2cnc(-c3ccc(F)cc3)nc2)c(OC)c1. The molecule has 1 aromatic heterocycles. The molecule has 0 spiro atoms. The highest BCUT2D eigenvalue weighted by Crippen LogP contribution is 2.29. The van der Waals surface area contributed by atoms with Gasteiger partial charge in [0.2, 0.25) is 0 Å². The van der Waals surface area contributed by atoms with Crippen LogP contribution in [0.5, 0.6) is 11.5 Å². The minimum atomic E-state index is -0.376. The van der Waals surface area contributed by atoms with E-state index >= 15 is 0 Å². The van der Waals surface area contributed by atoms with Crippen LogP contribution in [0.2, 0.25) is 0 Å². The van der Waals surface area contributed by atoms with E-state index in [0.717, 1.165) is 0 Å². The van der Waals surface area contributed by atoms with Gasteiger partial charge in [-0.25, -0.2) is 14.4 Å². The van der Waals surface area contributed by atoms with Gasteiger partial charge in [-0.05, 0) is 36.4 Å². The van der Waals surface area contributed by atoms with Crippen molar-refractivity contribution >= 4 is 11.6 Å². The molecule has 0 fully saturated rings. The number of benzene rings is 2. The summed E-state index contributed by atoms with van der Waals surface area (Å²) in [6, 6.07) is 10.9. The molecule has 0 saturated heterocycles. The van der Waals surface area contributed by atoms with Gasteiger partial charge in [0.15, 0.2) is 5.82 Å². The van der Waals surface area contributed by atoms with Crippen LogP contribution in [0.4, 0.5) is 10.1 Å². The first-order valence-corrected chi connectivity index (χ1v) is 7.72. The van der Waals surface area contributed by atoms with E-state index in [1.165, 1.54) is 31.6 Å². The Morgan fingerprint density at radius 2 is 1.69 bits per heavy atom. The second-order valence-electron chi connectivity index (χ2n) is 5.32. The van der Waals surface area contributed by atoms with Crippen molar-refractivity contribution in [1.82, 2.24) is 9.97 Å². The molecule has 0 aliphatic carbocycles. The van der Waals surface area contributed by atoms with Gasteiger partial charge in [0.05, 0.1) is 25.5 Å². The van der Waals surface area contributed by atoms with Gasteiger partial charge in [0.1, 0.15) is 17.3 Å². The van der Waals surface area contributed by atoms with Crippen LogP contribution in [-0.4, -0.2) is 30.1 Å². The number of halogens is 1. The smallest absolute Gasteiger partial charge is 0.258 e. The Labute approximate surface area is 149 Å². The van der Waals surface area contributed by atoms with Gasteiger partial charge in [0.25, 0.3) is 5.91 Å². The maximum Gasteiger partial charge on any atom is 0.258 e. The van der Waals surface area contributed by atoms with Crippen LogP contribution >= 0.6 is 0 Å². The fraction of sp³-hybridized carbons (Fsp3) is 0.105. The summed E-state index contributed by atoms with van der Waals surface area (Å²) in [6.07, 6.45) is 2.83. The highest BCUT2D eigenvalue weighted by atomic mass is 19.1. The summed E-state index contributed by atoms with van der Waals surface area (Å²) < 4.78 is 23.4. The Balaban J connectivity index is 1.77. The number of carbonyl (C=O) groups is 1. The van der Waals surface area contributed by atoms with Gasteiger partial charge in [-0.15, -0.1) is 0 Å². The molecule has 6 nitrogen and oxygen atoms in total. The molecule has 0 aliphatic heterocycles. The molecule has 2 aromatic carbocycles. The average molecular weight is 353 g/mol. The van der Waals surface area contributed by atoms with Crippen molar-refractivity contribution in [2.75, 3.05) is 19.5 Å². The minimum absolute atomic E-state index is 0.286. The first-order valence-electron chi connectivity index (χ1n) is 7.72. The lowest BCUT2D eigenvalue weighted by atomic mass is 10.2. The molecule has 0 bridgehead atoms. The quantitative estimate of drug-likeness (QED) is 0.759. The number of nitrogens with zero attached hydrogens (tertiary/aromatic N) is 2. The summed E-state index contributed by atoms with van der Waals surface area (Å²) >= 11 is 0. The fourth-order valence-electron chi connectivity index (χ4n) is 2.29. The van der Waals surface area contributed by atoms with Crippen molar-refractivity contribution in [3.8, 4) is 22.9 Å². The van der Waals surface area contributed by atoms with Crippen LogP contribution < -0.4 is 14.8 Å². The number of carbonyl (C=O) groups excluding carboxylic acids is 1. The van der Waals surface area contributed by atoms with E-state index in [-0.39, 0.29) is 17.3 Å². The Kier molecular flexibility index (Phi) is 5.07. The van der Waals surface area contributed by atoms with E-state index in [9.17, 15) is 9.18 Å². The monoisotopic (exact) mass is 353 g/mol. The molecule has 1 heterocycles. The lowest BCUT2D eigenvalue weighted by Gasteiger charge is -2.11. The van der Waals surface area contributed by atoms with Crippen LogP contribution in [0.25, 0.3) is 11.4 Å². The molecule has 0 radical (unpaired) electrons. The zero-order valence-corrected chi connectivity index (χ0v) is 14.2. The third-order valence-corrected chi connectivity index (χ3v) is 3.67. The van der Waals surface area contributed by atoms with Crippen LogP contribution in [-0.2, 0) is 0 Å². The average Bonchev–Trinajstić information content (AvgIpc) is 2.69. The number of aromatic nitrogens is 2. The predicted octanol–water partition coefficient (Wildman–Crippen LogP) is 3.55. The molecule has 0 aliphatic rings. The van der Waals surface area contributed by atoms with Gasteiger partial charge in [0, 0.05) is 24.0 Å². The van der Waals surface area contributed by atoms with Gasteiger partial charge >= 0.3 is 0 Å². The molecule has 0 unspecified atom stereocenters. The van der Waals surface area contributed by atoms with Crippen LogP contribution in [0, 0.1) is 5.82 Å². The summed E-state index contributed by atoms with van der Waals surface area (Å²) in [4.78, 5) is 20.7. The summed E-state index contributed by atoms with van der Waals surface area (Å²) in [6.45, 7) is 0.